The highest BCUT2D eigenvalue weighted by Gasteiger charge is 2.26. The number of allylic oxidation sites excluding steroid dienone is 1. The molecule has 3 aromatic heterocycles. The van der Waals surface area contributed by atoms with Crippen LogP contribution in [0.15, 0.2) is 170 Å². The molecule has 3 heterocycles. The van der Waals surface area contributed by atoms with Crippen LogP contribution in [0.2, 0.25) is 0 Å². The van der Waals surface area contributed by atoms with Crippen LogP contribution >= 0.6 is 0 Å². The third-order valence-corrected chi connectivity index (χ3v) is 11.1. The summed E-state index contributed by atoms with van der Waals surface area (Å²) in [4.78, 5) is 15.9. The third kappa shape index (κ3) is 5.12. The molecular weight excluding hydrogens is 671 g/mol. The van der Waals surface area contributed by atoms with Gasteiger partial charge in [-0.05, 0) is 76.2 Å². The first-order valence-corrected chi connectivity index (χ1v) is 18.9. The van der Waals surface area contributed by atoms with Crippen LogP contribution < -0.4 is 0 Å². The van der Waals surface area contributed by atoms with Gasteiger partial charge in [-0.15, -0.1) is 0 Å². The van der Waals surface area contributed by atoms with Crippen molar-refractivity contribution in [2.75, 3.05) is 0 Å². The van der Waals surface area contributed by atoms with Crippen molar-refractivity contribution in [2.45, 2.75) is 13.3 Å². The zero-order valence-electron chi connectivity index (χ0n) is 30.3. The molecule has 0 saturated heterocycles. The maximum absolute atomic E-state index is 5.38. The maximum Gasteiger partial charge on any atom is 0.238 e. The van der Waals surface area contributed by atoms with Gasteiger partial charge in [0.2, 0.25) is 5.95 Å². The van der Waals surface area contributed by atoms with Crippen LogP contribution in [0.5, 0.6) is 0 Å². The molecule has 7 aromatic carbocycles. The van der Waals surface area contributed by atoms with Crippen LogP contribution in [-0.2, 0) is 6.42 Å². The monoisotopic (exact) mass is 705 g/mol. The Hall–Kier alpha value is -7.11. The van der Waals surface area contributed by atoms with Gasteiger partial charge < -0.3 is 4.57 Å². The number of nitrogens with zero attached hydrogens (tertiary/aromatic N) is 5. The molecule has 0 radical (unpaired) electrons. The minimum Gasteiger partial charge on any atom is -0.308 e. The Labute approximate surface area is 318 Å². The van der Waals surface area contributed by atoms with Crippen LogP contribution in [0.1, 0.15) is 18.2 Å². The fraction of sp³-hybridized carbons (Fsp3) is 0.0600. The average Bonchev–Trinajstić information content (AvgIpc) is 3.76. The van der Waals surface area contributed by atoms with E-state index in [1.807, 2.05) is 18.2 Å². The molecule has 0 aliphatic heterocycles. The Balaban J connectivity index is 1.21. The minimum absolute atomic E-state index is 0.453. The van der Waals surface area contributed by atoms with Crippen molar-refractivity contribution >= 4 is 49.6 Å². The van der Waals surface area contributed by atoms with Gasteiger partial charge in [-0.25, -0.2) is 4.98 Å². The van der Waals surface area contributed by atoms with Crippen LogP contribution in [0.3, 0.4) is 0 Å². The predicted octanol–water partition coefficient (Wildman–Crippen LogP) is 12.3. The maximum atomic E-state index is 5.38. The van der Waals surface area contributed by atoms with Crippen LogP contribution in [0.25, 0.3) is 95.1 Å². The van der Waals surface area contributed by atoms with Crippen molar-refractivity contribution in [1.82, 2.24) is 24.1 Å². The Kier molecular flexibility index (Phi) is 7.14. The van der Waals surface area contributed by atoms with E-state index in [1.165, 1.54) is 27.4 Å². The fourth-order valence-electron chi connectivity index (χ4n) is 8.51. The Morgan fingerprint density at radius 3 is 2.00 bits per heavy atom. The van der Waals surface area contributed by atoms with Gasteiger partial charge in [-0.2, -0.15) is 9.97 Å². The average molecular weight is 706 g/mol. The molecule has 0 amide bonds. The van der Waals surface area contributed by atoms with E-state index in [0.29, 0.717) is 23.5 Å². The molecule has 55 heavy (non-hydrogen) atoms. The van der Waals surface area contributed by atoms with Gasteiger partial charge in [0.15, 0.2) is 11.6 Å². The van der Waals surface area contributed by atoms with Gasteiger partial charge in [-0.3, -0.25) is 4.57 Å². The Bertz CT molecular complexity index is 3130. The second-order valence-corrected chi connectivity index (χ2v) is 14.6. The first-order chi connectivity index (χ1) is 27.2. The highest BCUT2D eigenvalue weighted by atomic mass is 15.2. The molecule has 0 spiro atoms. The summed E-state index contributed by atoms with van der Waals surface area (Å²) in [6, 6.07) is 57.9. The summed E-state index contributed by atoms with van der Waals surface area (Å²) in [6.07, 6.45) is 5.63. The molecule has 0 N–H and O–H groups in total. The van der Waals surface area contributed by atoms with Gasteiger partial charge >= 0.3 is 0 Å². The van der Waals surface area contributed by atoms with Gasteiger partial charge in [0, 0.05) is 38.7 Å². The summed E-state index contributed by atoms with van der Waals surface area (Å²) < 4.78 is 4.72. The molecule has 0 fully saturated rings. The second-order valence-electron chi connectivity index (χ2n) is 14.6. The SMILES string of the molecule is CC1C=Cc2c(c3ccc4c5ccccc5n(-c5nc(-c6ccccc6)nc(-c6cccc(-c7ccc8ccccc8c7)c6)n5)c4c3n2-c2ccccc2)C1. The number of para-hydroxylation sites is 2. The van der Waals surface area contributed by atoms with Crippen molar-refractivity contribution in [3.05, 3.63) is 181 Å². The highest BCUT2D eigenvalue weighted by Crippen LogP contribution is 2.43. The van der Waals surface area contributed by atoms with Crippen LogP contribution in [0.4, 0.5) is 0 Å². The van der Waals surface area contributed by atoms with Crippen molar-refractivity contribution < 1.29 is 0 Å². The van der Waals surface area contributed by atoms with E-state index in [0.717, 1.165) is 61.7 Å². The van der Waals surface area contributed by atoms with Gasteiger partial charge in [0.05, 0.1) is 16.6 Å². The fourth-order valence-corrected chi connectivity index (χ4v) is 8.51. The molecule has 260 valence electrons. The Morgan fingerprint density at radius 1 is 0.491 bits per heavy atom. The summed E-state index contributed by atoms with van der Waals surface area (Å²) in [5.74, 6) is 2.29. The van der Waals surface area contributed by atoms with Crippen LogP contribution in [-0.4, -0.2) is 24.1 Å². The van der Waals surface area contributed by atoms with Crippen molar-refractivity contribution in [1.29, 1.82) is 0 Å². The van der Waals surface area contributed by atoms with Crippen molar-refractivity contribution in [3.8, 4) is 45.5 Å². The molecule has 1 atom stereocenters. The van der Waals surface area contributed by atoms with Crippen molar-refractivity contribution in [2.24, 2.45) is 5.92 Å². The van der Waals surface area contributed by atoms with E-state index < -0.39 is 0 Å². The van der Waals surface area contributed by atoms with Crippen molar-refractivity contribution in [3.63, 3.8) is 0 Å². The van der Waals surface area contributed by atoms with Crippen LogP contribution in [0, 0.1) is 5.92 Å². The molecule has 1 unspecified atom stereocenters. The molecular formula is C50H35N5. The molecule has 11 rings (SSSR count). The zero-order valence-corrected chi connectivity index (χ0v) is 30.3. The van der Waals surface area contributed by atoms with E-state index in [9.17, 15) is 0 Å². The normalized spacial score (nSPS) is 13.9. The first kappa shape index (κ1) is 31.4. The predicted molar refractivity (Wildman–Crippen MR) is 227 cm³/mol. The topological polar surface area (TPSA) is 48.5 Å². The summed E-state index contributed by atoms with van der Waals surface area (Å²) in [7, 11) is 0. The van der Waals surface area contributed by atoms with Gasteiger partial charge in [0.25, 0.3) is 0 Å². The summed E-state index contributed by atoms with van der Waals surface area (Å²) >= 11 is 0. The molecule has 1 aliphatic rings. The summed E-state index contributed by atoms with van der Waals surface area (Å²) in [5, 5.41) is 6.01. The minimum atomic E-state index is 0.453. The van der Waals surface area contributed by atoms with Gasteiger partial charge in [0.1, 0.15) is 0 Å². The van der Waals surface area contributed by atoms with E-state index >= 15 is 0 Å². The number of rotatable bonds is 5. The van der Waals surface area contributed by atoms with E-state index in [2.05, 4.69) is 174 Å². The quantitative estimate of drug-likeness (QED) is 0.179. The first-order valence-electron chi connectivity index (χ1n) is 18.9. The molecule has 10 aromatic rings. The van der Waals surface area contributed by atoms with E-state index in [4.69, 9.17) is 15.0 Å². The second kappa shape index (κ2) is 12.5. The van der Waals surface area contributed by atoms with E-state index in [1.54, 1.807) is 0 Å². The highest BCUT2D eigenvalue weighted by molar-refractivity contribution is 6.19. The molecule has 5 nitrogen and oxygen atoms in total. The number of benzene rings is 7. The number of aromatic nitrogens is 5. The third-order valence-electron chi connectivity index (χ3n) is 11.1. The standard InChI is InChI=1S/C50H35N5/c1-32-23-28-45-43(29-32)42-27-26-41-40-21-10-11-22-44(40)55(47(41)46(42)54(45)39-19-6-3-7-20-39)50-52-48(34-14-4-2-5-15-34)51-49(53-50)38-18-12-17-36(31-38)37-25-24-33-13-8-9-16-35(33)30-37/h2-28,30-32H,29H2,1H3. The van der Waals surface area contributed by atoms with E-state index in [-0.39, 0.29) is 0 Å². The largest absolute Gasteiger partial charge is 0.308 e. The Morgan fingerprint density at radius 2 is 1.15 bits per heavy atom. The molecule has 0 bridgehead atoms. The summed E-state index contributed by atoms with van der Waals surface area (Å²) in [6.45, 7) is 2.30. The molecule has 5 heteroatoms. The lowest BCUT2D eigenvalue weighted by Crippen LogP contribution is -2.07. The smallest absolute Gasteiger partial charge is 0.238 e. The molecule has 1 aliphatic carbocycles. The lowest BCUT2D eigenvalue weighted by atomic mass is 9.93. The number of hydrogen-bond donors (Lipinski definition) is 0. The number of fused-ring (bicyclic) bond motifs is 8. The zero-order chi connectivity index (χ0) is 36.5. The lowest BCUT2D eigenvalue weighted by Gasteiger charge is -2.16. The molecule has 0 saturated carbocycles. The summed E-state index contributed by atoms with van der Waals surface area (Å²) in [5.41, 5.74) is 11.2. The number of hydrogen-bond acceptors (Lipinski definition) is 3. The lowest BCUT2D eigenvalue weighted by molar-refractivity contribution is 0.718. The van der Waals surface area contributed by atoms with Gasteiger partial charge in [-0.1, -0.05) is 146 Å².